The van der Waals surface area contributed by atoms with Gasteiger partial charge in [-0.15, -0.1) is 0 Å². The molecule has 1 unspecified atom stereocenters. The van der Waals surface area contributed by atoms with Crippen molar-refractivity contribution < 1.29 is 0 Å². The Labute approximate surface area is 114 Å². The summed E-state index contributed by atoms with van der Waals surface area (Å²) in [6.45, 7) is 2.11. The molecule has 0 aliphatic heterocycles. The first kappa shape index (κ1) is 13.6. The van der Waals surface area contributed by atoms with Gasteiger partial charge in [0.05, 0.1) is 0 Å². The van der Waals surface area contributed by atoms with Crippen LogP contribution in [0.4, 0.5) is 5.82 Å². The van der Waals surface area contributed by atoms with E-state index < -0.39 is 0 Å². The highest BCUT2D eigenvalue weighted by Gasteiger charge is 2.08. The van der Waals surface area contributed by atoms with E-state index in [9.17, 15) is 0 Å². The molecule has 100 valence electrons. The van der Waals surface area contributed by atoms with Crippen LogP contribution < -0.4 is 11.1 Å². The normalized spacial score (nSPS) is 12.3. The van der Waals surface area contributed by atoms with E-state index in [0.717, 1.165) is 12.8 Å². The van der Waals surface area contributed by atoms with E-state index in [2.05, 4.69) is 41.5 Å². The van der Waals surface area contributed by atoms with Crippen LogP contribution in [0.2, 0.25) is 0 Å². The number of likely N-dealkylation sites (N-methyl/N-ethyl adjacent to an activating group) is 1. The summed E-state index contributed by atoms with van der Waals surface area (Å²) >= 11 is 0. The minimum atomic E-state index is 0.407. The fourth-order valence-corrected chi connectivity index (χ4v) is 2.19. The number of aromatic nitrogens is 1. The minimum absolute atomic E-state index is 0.407. The third-order valence-electron chi connectivity index (χ3n) is 3.34. The van der Waals surface area contributed by atoms with Crippen molar-refractivity contribution in [1.29, 1.82) is 0 Å². The lowest BCUT2D eigenvalue weighted by atomic mass is 9.99. The van der Waals surface area contributed by atoms with Crippen molar-refractivity contribution in [2.75, 3.05) is 12.8 Å². The van der Waals surface area contributed by atoms with Crippen molar-refractivity contribution in [3.8, 4) is 0 Å². The third-order valence-corrected chi connectivity index (χ3v) is 3.34. The van der Waals surface area contributed by atoms with Crippen LogP contribution in [0.1, 0.15) is 16.7 Å². The summed E-state index contributed by atoms with van der Waals surface area (Å²) in [5.74, 6) is 0.586. The van der Waals surface area contributed by atoms with Crippen molar-refractivity contribution in [3.63, 3.8) is 0 Å². The van der Waals surface area contributed by atoms with Crippen LogP contribution in [0.15, 0.2) is 42.6 Å². The molecule has 0 fully saturated rings. The van der Waals surface area contributed by atoms with Gasteiger partial charge in [0.2, 0.25) is 0 Å². The van der Waals surface area contributed by atoms with E-state index >= 15 is 0 Å². The Hall–Kier alpha value is -1.87. The number of benzene rings is 1. The second-order valence-corrected chi connectivity index (χ2v) is 4.97. The lowest BCUT2D eigenvalue weighted by molar-refractivity contribution is 0.556. The largest absolute Gasteiger partial charge is 0.384 e. The Balaban J connectivity index is 2.02. The second-order valence-electron chi connectivity index (χ2n) is 4.97. The number of nitrogens with one attached hydrogen (secondary N) is 1. The minimum Gasteiger partial charge on any atom is -0.384 e. The van der Waals surface area contributed by atoms with Crippen molar-refractivity contribution in [1.82, 2.24) is 10.3 Å². The van der Waals surface area contributed by atoms with Crippen LogP contribution >= 0.6 is 0 Å². The first-order chi connectivity index (χ1) is 9.17. The van der Waals surface area contributed by atoms with Gasteiger partial charge in [-0.05, 0) is 50.1 Å². The maximum absolute atomic E-state index is 5.71. The lowest BCUT2D eigenvalue weighted by Gasteiger charge is -2.16. The zero-order chi connectivity index (χ0) is 13.7. The summed E-state index contributed by atoms with van der Waals surface area (Å²) in [6, 6.07) is 13.1. The number of aryl methyl sites for hydroxylation is 1. The molecule has 0 aliphatic carbocycles. The summed E-state index contributed by atoms with van der Waals surface area (Å²) < 4.78 is 0. The van der Waals surface area contributed by atoms with Gasteiger partial charge in [0, 0.05) is 12.2 Å². The quantitative estimate of drug-likeness (QED) is 0.862. The molecule has 2 aromatic rings. The monoisotopic (exact) mass is 255 g/mol. The molecule has 3 nitrogen and oxygen atoms in total. The van der Waals surface area contributed by atoms with E-state index in [0.29, 0.717) is 11.9 Å². The van der Waals surface area contributed by atoms with Gasteiger partial charge in [-0.3, -0.25) is 0 Å². The van der Waals surface area contributed by atoms with Gasteiger partial charge < -0.3 is 11.1 Å². The van der Waals surface area contributed by atoms with Crippen LogP contribution in [-0.4, -0.2) is 18.1 Å². The molecule has 1 atom stereocenters. The molecule has 3 heteroatoms. The van der Waals surface area contributed by atoms with Crippen molar-refractivity contribution in [2.45, 2.75) is 25.8 Å². The summed E-state index contributed by atoms with van der Waals surface area (Å²) in [7, 11) is 2.00. The highest BCUT2D eigenvalue weighted by molar-refractivity contribution is 5.32. The fraction of sp³-hybridized carbons (Fsp3) is 0.312. The number of nitrogens with two attached hydrogens (primary N) is 1. The zero-order valence-corrected chi connectivity index (χ0v) is 11.6. The Kier molecular flexibility index (Phi) is 4.53. The summed E-state index contributed by atoms with van der Waals surface area (Å²) in [5.41, 5.74) is 9.59. The molecule has 0 saturated heterocycles. The smallest absolute Gasteiger partial charge is 0.123 e. The van der Waals surface area contributed by atoms with E-state index in [1.807, 2.05) is 19.2 Å². The number of rotatable bonds is 5. The van der Waals surface area contributed by atoms with Crippen molar-refractivity contribution >= 4 is 5.82 Å². The van der Waals surface area contributed by atoms with Gasteiger partial charge in [-0.25, -0.2) is 4.98 Å². The SMILES string of the molecule is CNC(Cc1ccc(C)cc1)Cc1ccnc(N)c1. The van der Waals surface area contributed by atoms with E-state index in [1.165, 1.54) is 16.7 Å². The summed E-state index contributed by atoms with van der Waals surface area (Å²) in [5, 5.41) is 3.37. The van der Waals surface area contributed by atoms with Gasteiger partial charge in [0.25, 0.3) is 0 Å². The van der Waals surface area contributed by atoms with Crippen LogP contribution in [0.3, 0.4) is 0 Å². The summed E-state index contributed by atoms with van der Waals surface area (Å²) in [4.78, 5) is 4.02. The van der Waals surface area contributed by atoms with Gasteiger partial charge in [-0.1, -0.05) is 29.8 Å². The molecule has 19 heavy (non-hydrogen) atoms. The number of hydrogen-bond acceptors (Lipinski definition) is 3. The van der Waals surface area contributed by atoms with E-state index in [4.69, 9.17) is 5.73 Å². The molecule has 1 aromatic carbocycles. The third kappa shape index (κ3) is 4.07. The number of hydrogen-bond donors (Lipinski definition) is 2. The molecular formula is C16H21N3. The van der Waals surface area contributed by atoms with Crippen molar-refractivity contribution in [3.05, 3.63) is 59.3 Å². The molecule has 0 spiro atoms. The van der Waals surface area contributed by atoms with Crippen molar-refractivity contribution in [2.24, 2.45) is 0 Å². The average Bonchev–Trinajstić information content (AvgIpc) is 2.40. The Morgan fingerprint density at radius 2 is 1.79 bits per heavy atom. The molecule has 1 heterocycles. The van der Waals surface area contributed by atoms with Gasteiger partial charge in [-0.2, -0.15) is 0 Å². The number of nitrogens with zero attached hydrogens (tertiary/aromatic N) is 1. The molecule has 0 amide bonds. The standard InChI is InChI=1S/C16H21N3/c1-12-3-5-13(6-4-12)9-15(18-2)10-14-7-8-19-16(17)11-14/h3-8,11,15,18H,9-10H2,1-2H3,(H2,17,19). The number of pyridine rings is 1. The van der Waals surface area contributed by atoms with Crippen LogP contribution in [0.25, 0.3) is 0 Å². The number of nitrogen functional groups attached to an aromatic ring is 1. The maximum Gasteiger partial charge on any atom is 0.123 e. The van der Waals surface area contributed by atoms with Gasteiger partial charge >= 0.3 is 0 Å². The number of anilines is 1. The van der Waals surface area contributed by atoms with E-state index in [-0.39, 0.29) is 0 Å². The molecule has 0 bridgehead atoms. The predicted octanol–water partition coefficient (Wildman–Crippen LogP) is 2.35. The molecule has 3 N–H and O–H groups in total. The highest BCUT2D eigenvalue weighted by atomic mass is 14.9. The predicted molar refractivity (Wildman–Crippen MR) is 80.1 cm³/mol. The molecule has 0 radical (unpaired) electrons. The first-order valence-corrected chi connectivity index (χ1v) is 6.60. The second kappa shape index (κ2) is 6.34. The molecule has 0 aliphatic rings. The van der Waals surface area contributed by atoms with Gasteiger partial charge in [0.1, 0.15) is 5.82 Å². The fourth-order valence-electron chi connectivity index (χ4n) is 2.19. The molecule has 2 rings (SSSR count). The molecule has 0 saturated carbocycles. The maximum atomic E-state index is 5.71. The van der Waals surface area contributed by atoms with E-state index in [1.54, 1.807) is 6.20 Å². The highest BCUT2D eigenvalue weighted by Crippen LogP contribution is 2.11. The Morgan fingerprint density at radius 1 is 1.11 bits per heavy atom. The Bertz CT molecular complexity index is 520. The molecular weight excluding hydrogens is 234 g/mol. The molecule has 1 aromatic heterocycles. The summed E-state index contributed by atoms with van der Waals surface area (Å²) in [6.07, 6.45) is 3.74. The van der Waals surface area contributed by atoms with Crippen LogP contribution in [0.5, 0.6) is 0 Å². The Morgan fingerprint density at radius 3 is 2.42 bits per heavy atom. The topological polar surface area (TPSA) is 50.9 Å². The van der Waals surface area contributed by atoms with Gasteiger partial charge in [0.15, 0.2) is 0 Å². The average molecular weight is 255 g/mol. The van der Waals surface area contributed by atoms with Crippen LogP contribution in [0, 0.1) is 6.92 Å². The lowest BCUT2D eigenvalue weighted by Crippen LogP contribution is -2.29. The zero-order valence-electron chi connectivity index (χ0n) is 11.6. The van der Waals surface area contributed by atoms with Crippen LogP contribution in [-0.2, 0) is 12.8 Å². The first-order valence-electron chi connectivity index (χ1n) is 6.60.